The second-order valence-corrected chi connectivity index (χ2v) is 5.04. The third-order valence-corrected chi connectivity index (χ3v) is 3.40. The number of rotatable bonds is 4. The molecule has 0 radical (unpaired) electrons. The highest BCUT2D eigenvalue weighted by atomic mass is 32.2. The standard InChI is InChI=1S/C12H15N3O2S/c1-18-6-5-10-11(16)15(12(17)14-10)9-4-2-3-8(13)7-9/h2-4,7,10H,5-6,13H2,1H3,(H,14,17). The van der Waals surface area contributed by atoms with Gasteiger partial charge in [0.05, 0.1) is 5.69 Å². The van der Waals surface area contributed by atoms with E-state index in [1.54, 1.807) is 36.0 Å². The molecule has 0 saturated carbocycles. The predicted octanol–water partition coefficient (Wildman–Crippen LogP) is 1.45. The fourth-order valence-electron chi connectivity index (χ4n) is 1.87. The highest BCUT2D eigenvalue weighted by Gasteiger charge is 2.38. The molecule has 1 unspecified atom stereocenters. The maximum Gasteiger partial charge on any atom is 0.329 e. The molecule has 3 N–H and O–H groups in total. The van der Waals surface area contributed by atoms with E-state index in [9.17, 15) is 9.59 Å². The summed E-state index contributed by atoms with van der Waals surface area (Å²) in [5, 5.41) is 2.69. The van der Waals surface area contributed by atoms with Crippen molar-refractivity contribution in [1.29, 1.82) is 0 Å². The van der Waals surface area contributed by atoms with Crippen molar-refractivity contribution in [3.05, 3.63) is 24.3 Å². The number of thioether (sulfide) groups is 1. The van der Waals surface area contributed by atoms with Crippen LogP contribution in [0.4, 0.5) is 16.2 Å². The smallest absolute Gasteiger partial charge is 0.329 e. The van der Waals surface area contributed by atoms with Gasteiger partial charge in [-0.25, -0.2) is 9.69 Å². The first kappa shape index (κ1) is 12.8. The number of urea groups is 1. The largest absolute Gasteiger partial charge is 0.399 e. The van der Waals surface area contributed by atoms with Crippen LogP contribution in [0.1, 0.15) is 6.42 Å². The van der Waals surface area contributed by atoms with E-state index in [4.69, 9.17) is 5.73 Å². The maximum absolute atomic E-state index is 12.1. The molecule has 5 nitrogen and oxygen atoms in total. The summed E-state index contributed by atoms with van der Waals surface area (Å²) in [6, 6.07) is 5.95. The summed E-state index contributed by atoms with van der Waals surface area (Å²) in [5.74, 6) is 0.626. The van der Waals surface area contributed by atoms with Crippen LogP contribution in [0.2, 0.25) is 0 Å². The summed E-state index contributed by atoms with van der Waals surface area (Å²) in [4.78, 5) is 25.1. The predicted molar refractivity (Wildman–Crippen MR) is 73.7 cm³/mol. The Morgan fingerprint density at radius 2 is 2.22 bits per heavy atom. The Bertz CT molecular complexity index is 478. The third kappa shape index (κ3) is 2.43. The summed E-state index contributed by atoms with van der Waals surface area (Å²) in [6.07, 6.45) is 2.61. The van der Waals surface area contributed by atoms with Crippen LogP contribution in [-0.2, 0) is 4.79 Å². The zero-order valence-corrected chi connectivity index (χ0v) is 10.9. The highest BCUT2D eigenvalue weighted by Crippen LogP contribution is 2.22. The first-order valence-corrected chi connectivity index (χ1v) is 7.02. The normalized spacial score (nSPS) is 19.2. The molecule has 3 amide bonds. The number of nitrogens with one attached hydrogen (secondary N) is 1. The molecule has 1 heterocycles. The number of carbonyl (C=O) groups excluding carboxylic acids is 2. The summed E-state index contributed by atoms with van der Waals surface area (Å²) in [5.41, 5.74) is 6.71. The van der Waals surface area contributed by atoms with Crippen LogP contribution >= 0.6 is 11.8 Å². The Balaban J connectivity index is 2.19. The van der Waals surface area contributed by atoms with Crippen molar-refractivity contribution in [3.63, 3.8) is 0 Å². The molecule has 0 aliphatic carbocycles. The van der Waals surface area contributed by atoms with Gasteiger partial charge < -0.3 is 11.1 Å². The number of imide groups is 1. The van der Waals surface area contributed by atoms with Gasteiger partial charge in [-0.1, -0.05) is 6.07 Å². The molecule has 18 heavy (non-hydrogen) atoms. The van der Waals surface area contributed by atoms with Gasteiger partial charge in [0.25, 0.3) is 5.91 Å². The summed E-state index contributed by atoms with van der Waals surface area (Å²) < 4.78 is 0. The van der Waals surface area contributed by atoms with Crippen molar-refractivity contribution in [3.8, 4) is 0 Å². The molecule has 1 fully saturated rings. The Hall–Kier alpha value is -1.69. The van der Waals surface area contributed by atoms with Crippen LogP contribution in [0.3, 0.4) is 0 Å². The quantitative estimate of drug-likeness (QED) is 0.638. The minimum atomic E-state index is -0.425. The molecule has 6 heteroatoms. The van der Waals surface area contributed by atoms with Gasteiger partial charge in [-0.05, 0) is 36.6 Å². The average Bonchev–Trinajstić information content (AvgIpc) is 2.62. The van der Waals surface area contributed by atoms with Crippen LogP contribution in [0, 0.1) is 0 Å². The van der Waals surface area contributed by atoms with Crippen LogP contribution in [0.5, 0.6) is 0 Å². The Kier molecular flexibility index (Phi) is 3.76. The molecule has 1 aliphatic heterocycles. The molecular weight excluding hydrogens is 250 g/mol. The van der Waals surface area contributed by atoms with Crippen molar-refractivity contribution in [2.24, 2.45) is 0 Å². The topological polar surface area (TPSA) is 75.4 Å². The SMILES string of the molecule is CSCCC1NC(=O)N(c2cccc(N)c2)C1=O. The van der Waals surface area contributed by atoms with E-state index in [-0.39, 0.29) is 11.9 Å². The van der Waals surface area contributed by atoms with E-state index in [2.05, 4.69) is 5.32 Å². The summed E-state index contributed by atoms with van der Waals surface area (Å²) in [6.45, 7) is 0. The maximum atomic E-state index is 12.1. The number of benzene rings is 1. The molecule has 1 aromatic carbocycles. The van der Waals surface area contributed by atoms with Crippen molar-refractivity contribution in [2.45, 2.75) is 12.5 Å². The molecule has 1 atom stereocenters. The zero-order valence-electron chi connectivity index (χ0n) is 10.1. The number of nitrogen functional groups attached to an aromatic ring is 1. The van der Waals surface area contributed by atoms with Gasteiger partial charge in [-0.2, -0.15) is 11.8 Å². The molecule has 1 aromatic rings. The van der Waals surface area contributed by atoms with Crippen molar-refractivity contribution in [2.75, 3.05) is 22.6 Å². The van der Waals surface area contributed by atoms with E-state index in [0.29, 0.717) is 17.8 Å². The first-order valence-electron chi connectivity index (χ1n) is 5.62. The Labute approximate surface area is 110 Å². The Morgan fingerprint density at radius 1 is 1.44 bits per heavy atom. The minimum Gasteiger partial charge on any atom is -0.399 e. The first-order chi connectivity index (χ1) is 8.63. The Morgan fingerprint density at radius 3 is 2.89 bits per heavy atom. The second kappa shape index (κ2) is 5.30. The van der Waals surface area contributed by atoms with Gasteiger partial charge in [0.1, 0.15) is 6.04 Å². The summed E-state index contributed by atoms with van der Waals surface area (Å²) in [7, 11) is 0. The van der Waals surface area contributed by atoms with Crippen molar-refractivity contribution in [1.82, 2.24) is 5.32 Å². The third-order valence-electron chi connectivity index (χ3n) is 2.76. The minimum absolute atomic E-state index is 0.209. The van der Waals surface area contributed by atoms with Crippen molar-refractivity contribution < 1.29 is 9.59 Å². The molecule has 1 aliphatic rings. The van der Waals surface area contributed by atoms with Crippen LogP contribution in [0.15, 0.2) is 24.3 Å². The van der Waals surface area contributed by atoms with Gasteiger partial charge in [-0.15, -0.1) is 0 Å². The van der Waals surface area contributed by atoms with Gasteiger partial charge in [0, 0.05) is 5.69 Å². The number of anilines is 2. The van der Waals surface area contributed by atoms with E-state index in [0.717, 1.165) is 10.7 Å². The highest BCUT2D eigenvalue weighted by molar-refractivity contribution is 7.98. The van der Waals surface area contributed by atoms with Crippen LogP contribution in [-0.4, -0.2) is 30.0 Å². The number of hydrogen-bond donors (Lipinski definition) is 2. The lowest BCUT2D eigenvalue weighted by atomic mass is 10.2. The molecule has 0 spiro atoms. The lowest BCUT2D eigenvalue weighted by Gasteiger charge is -2.13. The fourth-order valence-corrected chi connectivity index (χ4v) is 2.34. The average molecular weight is 265 g/mol. The molecule has 0 aromatic heterocycles. The summed E-state index contributed by atoms with van der Waals surface area (Å²) >= 11 is 1.65. The van der Waals surface area contributed by atoms with E-state index in [1.165, 1.54) is 0 Å². The number of carbonyl (C=O) groups is 2. The second-order valence-electron chi connectivity index (χ2n) is 4.05. The zero-order chi connectivity index (χ0) is 13.1. The number of amides is 3. The van der Waals surface area contributed by atoms with Crippen LogP contribution < -0.4 is 16.0 Å². The van der Waals surface area contributed by atoms with Gasteiger partial charge >= 0.3 is 6.03 Å². The number of nitrogens with zero attached hydrogens (tertiary/aromatic N) is 1. The van der Waals surface area contributed by atoms with E-state index in [1.807, 2.05) is 6.26 Å². The lowest BCUT2D eigenvalue weighted by molar-refractivity contribution is -0.118. The van der Waals surface area contributed by atoms with E-state index < -0.39 is 6.04 Å². The number of hydrogen-bond acceptors (Lipinski definition) is 4. The fraction of sp³-hybridized carbons (Fsp3) is 0.333. The van der Waals surface area contributed by atoms with Crippen molar-refractivity contribution >= 4 is 35.1 Å². The molecular formula is C12H15N3O2S. The lowest BCUT2D eigenvalue weighted by Crippen LogP contribution is -2.31. The molecule has 2 rings (SSSR count). The van der Waals surface area contributed by atoms with Gasteiger partial charge in [0.15, 0.2) is 0 Å². The molecule has 1 saturated heterocycles. The molecule has 96 valence electrons. The van der Waals surface area contributed by atoms with Gasteiger partial charge in [-0.3, -0.25) is 4.79 Å². The van der Waals surface area contributed by atoms with Crippen LogP contribution in [0.25, 0.3) is 0 Å². The van der Waals surface area contributed by atoms with Gasteiger partial charge in [0.2, 0.25) is 0 Å². The van der Waals surface area contributed by atoms with E-state index >= 15 is 0 Å². The number of nitrogens with two attached hydrogens (primary N) is 1. The monoisotopic (exact) mass is 265 g/mol. The molecule has 0 bridgehead atoms.